The molecule has 3 rings (SSSR count). The van der Waals surface area contributed by atoms with Crippen molar-refractivity contribution in [1.82, 2.24) is 0 Å². The van der Waals surface area contributed by atoms with Gasteiger partial charge in [0.05, 0.1) is 19.1 Å². The van der Waals surface area contributed by atoms with E-state index in [1.807, 2.05) is 25.1 Å². The summed E-state index contributed by atoms with van der Waals surface area (Å²) in [6, 6.07) is 6.01. The molecule has 1 atom stereocenters. The minimum absolute atomic E-state index is 0.0772. The monoisotopic (exact) mass is 290 g/mol. The molecular weight excluding hydrogens is 268 g/mol. The average Bonchev–Trinajstić information content (AvgIpc) is 3.21. The van der Waals surface area contributed by atoms with Gasteiger partial charge in [0, 0.05) is 18.1 Å². The smallest absolute Gasteiger partial charge is 0.309 e. The maximum atomic E-state index is 11.7. The van der Waals surface area contributed by atoms with Crippen LogP contribution in [0.1, 0.15) is 30.4 Å². The molecule has 0 radical (unpaired) electrons. The highest BCUT2D eigenvalue weighted by molar-refractivity contribution is 5.74. The fourth-order valence-corrected chi connectivity index (χ4v) is 2.47. The Morgan fingerprint density at radius 2 is 2.19 bits per heavy atom. The van der Waals surface area contributed by atoms with Crippen LogP contribution in [0.4, 0.5) is 0 Å². The first kappa shape index (κ1) is 14.4. The van der Waals surface area contributed by atoms with Crippen LogP contribution >= 0.6 is 0 Å². The molecule has 1 aromatic rings. The fraction of sp³-hybridized carbons (Fsp3) is 0.588. The number of aryl methyl sites for hydroxylation is 1. The van der Waals surface area contributed by atoms with Crippen molar-refractivity contribution >= 4 is 5.97 Å². The molecule has 0 bridgehead atoms. The number of hydrogen-bond acceptors (Lipinski definition) is 4. The minimum atomic E-state index is -0.0772. The number of esters is 1. The van der Waals surface area contributed by atoms with E-state index in [1.165, 1.54) is 0 Å². The lowest BCUT2D eigenvalue weighted by Crippen LogP contribution is -2.13. The molecule has 1 aliphatic carbocycles. The molecule has 0 aromatic heterocycles. The lowest BCUT2D eigenvalue weighted by Gasteiger charge is -2.15. The molecule has 21 heavy (non-hydrogen) atoms. The van der Waals surface area contributed by atoms with Gasteiger partial charge in [-0.25, -0.2) is 0 Å². The second-order valence-electron chi connectivity index (χ2n) is 6.03. The predicted molar refractivity (Wildman–Crippen MR) is 78.1 cm³/mol. The molecule has 114 valence electrons. The maximum absolute atomic E-state index is 11.7. The molecule has 0 N–H and O–H groups in total. The van der Waals surface area contributed by atoms with Crippen LogP contribution in [0, 0.1) is 18.8 Å². The van der Waals surface area contributed by atoms with Gasteiger partial charge >= 0.3 is 5.97 Å². The second-order valence-corrected chi connectivity index (χ2v) is 6.03. The Bertz CT molecular complexity index is 502. The van der Waals surface area contributed by atoms with Crippen LogP contribution in [0.25, 0.3) is 0 Å². The average molecular weight is 290 g/mol. The Balaban J connectivity index is 1.59. The Morgan fingerprint density at radius 1 is 1.33 bits per heavy atom. The van der Waals surface area contributed by atoms with Crippen molar-refractivity contribution in [2.75, 3.05) is 19.8 Å². The van der Waals surface area contributed by atoms with Gasteiger partial charge in [0.15, 0.2) is 0 Å². The Labute approximate surface area is 125 Å². The molecule has 1 aliphatic heterocycles. The molecule has 1 saturated carbocycles. The molecule has 1 aromatic carbocycles. The van der Waals surface area contributed by atoms with Gasteiger partial charge in [0.25, 0.3) is 0 Å². The molecule has 2 aliphatic rings. The topological polar surface area (TPSA) is 44.8 Å². The summed E-state index contributed by atoms with van der Waals surface area (Å²) in [7, 11) is 0. The molecule has 0 spiro atoms. The van der Waals surface area contributed by atoms with Gasteiger partial charge in [-0.3, -0.25) is 4.79 Å². The maximum Gasteiger partial charge on any atom is 0.309 e. The van der Waals surface area contributed by atoms with Gasteiger partial charge in [0.1, 0.15) is 12.4 Å². The highest BCUT2D eigenvalue weighted by Crippen LogP contribution is 2.31. The van der Waals surface area contributed by atoms with Crippen molar-refractivity contribution in [3.63, 3.8) is 0 Å². The van der Waals surface area contributed by atoms with Crippen molar-refractivity contribution in [3.8, 4) is 5.75 Å². The molecular formula is C17H22O4. The van der Waals surface area contributed by atoms with Crippen LogP contribution in [0.15, 0.2) is 18.2 Å². The standard InChI is InChI=1S/C17H22O4/c1-12-2-5-16(20-10-13-6-7-19-9-13)15(8-12)11-21-17(18)14-3-4-14/h2,5,8,13-14H,3-4,6-7,9-11H2,1H3/t13-/m0/s1. The first-order valence-electron chi connectivity index (χ1n) is 7.69. The molecule has 2 fully saturated rings. The van der Waals surface area contributed by atoms with E-state index in [-0.39, 0.29) is 11.9 Å². The Hall–Kier alpha value is -1.55. The largest absolute Gasteiger partial charge is 0.493 e. The van der Waals surface area contributed by atoms with E-state index in [0.29, 0.717) is 19.1 Å². The van der Waals surface area contributed by atoms with Gasteiger partial charge in [-0.1, -0.05) is 11.6 Å². The van der Waals surface area contributed by atoms with Crippen molar-refractivity contribution < 1.29 is 19.0 Å². The zero-order valence-corrected chi connectivity index (χ0v) is 12.5. The Kier molecular flexibility index (Phi) is 4.44. The molecule has 4 nitrogen and oxygen atoms in total. The number of hydrogen-bond donors (Lipinski definition) is 0. The van der Waals surface area contributed by atoms with E-state index >= 15 is 0 Å². The number of benzene rings is 1. The second kappa shape index (κ2) is 6.48. The summed E-state index contributed by atoms with van der Waals surface area (Å²) in [5.41, 5.74) is 2.09. The van der Waals surface area contributed by atoms with Crippen molar-refractivity contribution in [2.45, 2.75) is 32.8 Å². The summed E-state index contributed by atoms with van der Waals surface area (Å²) in [6.07, 6.45) is 2.99. The third kappa shape index (κ3) is 3.97. The van der Waals surface area contributed by atoms with E-state index in [1.54, 1.807) is 0 Å². The molecule has 4 heteroatoms. The van der Waals surface area contributed by atoms with E-state index in [9.17, 15) is 4.79 Å². The first-order valence-corrected chi connectivity index (χ1v) is 7.69. The van der Waals surface area contributed by atoms with Crippen LogP contribution < -0.4 is 4.74 Å². The molecule has 0 amide bonds. The van der Waals surface area contributed by atoms with E-state index in [0.717, 1.165) is 49.4 Å². The predicted octanol–water partition coefficient (Wildman–Crippen LogP) is 2.86. The van der Waals surface area contributed by atoms with Gasteiger partial charge in [-0.15, -0.1) is 0 Å². The number of carbonyl (C=O) groups is 1. The van der Waals surface area contributed by atoms with Crippen LogP contribution in [0.3, 0.4) is 0 Å². The van der Waals surface area contributed by atoms with Gasteiger partial charge in [-0.05, 0) is 38.3 Å². The van der Waals surface area contributed by atoms with Crippen molar-refractivity contribution in [3.05, 3.63) is 29.3 Å². The highest BCUT2D eigenvalue weighted by Gasteiger charge is 2.31. The zero-order valence-electron chi connectivity index (χ0n) is 12.5. The fourth-order valence-electron chi connectivity index (χ4n) is 2.47. The normalized spacial score (nSPS) is 21.3. The summed E-state index contributed by atoms with van der Waals surface area (Å²) in [5.74, 6) is 1.34. The summed E-state index contributed by atoms with van der Waals surface area (Å²) >= 11 is 0. The summed E-state index contributed by atoms with van der Waals surface area (Å²) in [6.45, 7) is 4.59. The highest BCUT2D eigenvalue weighted by atomic mass is 16.5. The summed E-state index contributed by atoms with van der Waals surface area (Å²) in [4.78, 5) is 11.7. The zero-order chi connectivity index (χ0) is 14.7. The lowest BCUT2D eigenvalue weighted by atomic mass is 10.1. The summed E-state index contributed by atoms with van der Waals surface area (Å²) in [5, 5.41) is 0. The van der Waals surface area contributed by atoms with Crippen LogP contribution in [-0.4, -0.2) is 25.8 Å². The lowest BCUT2D eigenvalue weighted by molar-refractivity contribution is -0.146. The number of rotatable bonds is 6. The van der Waals surface area contributed by atoms with Crippen molar-refractivity contribution in [2.24, 2.45) is 11.8 Å². The van der Waals surface area contributed by atoms with E-state index in [2.05, 4.69) is 0 Å². The van der Waals surface area contributed by atoms with E-state index in [4.69, 9.17) is 14.2 Å². The van der Waals surface area contributed by atoms with Crippen LogP contribution in [0.2, 0.25) is 0 Å². The number of carbonyl (C=O) groups excluding carboxylic acids is 1. The number of ether oxygens (including phenoxy) is 3. The quantitative estimate of drug-likeness (QED) is 0.756. The van der Waals surface area contributed by atoms with Gasteiger partial charge < -0.3 is 14.2 Å². The summed E-state index contributed by atoms with van der Waals surface area (Å²) < 4.78 is 16.6. The van der Waals surface area contributed by atoms with Gasteiger partial charge in [0.2, 0.25) is 0 Å². The third-order valence-corrected chi connectivity index (χ3v) is 4.00. The van der Waals surface area contributed by atoms with E-state index < -0.39 is 0 Å². The molecule has 1 saturated heterocycles. The molecule has 0 unspecified atom stereocenters. The van der Waals surface area contributed by atoms with Crippen LogP contribution in [0.5, 0.6) is 5.75 Å². The Morgan fingerprint density at radius 3 is 2.90 bits per heavy atom. The van der Waals surface area contributed by atoms with Crippen molar-refractivity contribution in [1.29, 1.82) is 0 Å². The third-order valence-electron chi connectivity index (χ3n) is 4.00. The minimum Gasteiger partial charge on any atom is -0.493 e. The first-order chi connectivity index (χ1) is 10.2. The SMILES string of the molecule is Cc1ccc(OC[C@H]2CCOC2)c(COC(=O)C2CC2)c1. The molecule has 1 heterocycles. The van der Waals surface area contributed by atoms with Gasteiger partial charge in [-0.2, -0.15) is 0 Å². The van der Waals surface area contributed by atoms with Crippen LogP contribution in [-0.2, 0) is 20.9 Å².